The van der Waals surface area contributed by atoms with Crippen molar-refractivity contribution in [3.05, 3.63) is 47.7 Å². The van der Waals surface area contributed by atoms with Crippen molar-refractivity contribution < 1.29 is 23.5 Å². The van der Waals surface area contributed by atoms with Crippen LogP contribution in [0.2, 0.25) is 0 Å². The maximum atomic E-state index is 15.0. The topological polar surface area (TPSA) is 132 Å². The first-order valence-corrected chi connectivity index (χ1v) is 9.48. The summed E-state index contributed by atoms with van der Waals surface area (Å²) in [5.74, 6) is -1.94. The maximum absolute atomic E-state index is 15.0. The maximum Gasteiger partial charge on any atom is 0.275 e. The molecule has 2 aliphatic heterocycles. The van der Waals surface area contributed by atoms with Gasteiger partial charge < -0.3 is 20.5 Å². The SMILES string of the molecule is COc1cnc(C(=O)Nc2ccc(F)c([C@]34CO[C@H](C)[C@H]3C(=O)N(C)C(N)=N4)c2)cn1. The molecule has 3 atom stereocenters. The molecule has 0 spiro atoms. The Kier molecular flexibility index (Phi) is 5.05. The van der Waals surface area contributed by atoms with E-state index in [0.717, 1.165) is 0 Å². The second-order valence-corrected chi connectivity index (χ2v) is 7.38. The van der Waals surface area contributed by atoms with E-state index in [0.29, 0.717) is 5.69 Å². The first kappa shape index (κ1) is 20.7. The summed E-state index contributed by atoms with van der Waals surface area (Å²) in [6, 6.07) is 4.05. The Balaban J connectivity index is 1.70. The number of nitrogens with two attached hydrogens (primary N) is 1. The Hall–Kier alpha value is -3.60. The van der Waals surface area contributed by atoms with Crippen LogP contribution in [0.15, 0.2) is 35.6 Å². The molecule has 1 saturated heterocycles. The summed E-state index contributed by atoms with van der Waals surface area (Å²) in [4.78, 5) is 39.0. The smallest absolute Gasteiger partial charge is 0.275 e. The van der Waals surface area contributed by atoms with Crippen LogP contribution in [-0.2, 0) is 15.1 Å². The van der Waals surface area contributed by atoms with Crippen molar-refractivity contribution in [3.8, 4) is 5.88 Å². The molecule has 0 unspecified atom stereocenters. The molecule has 1 aromatic heterocycles. The van der Waals surface area contributed by atoms with E-state index in [9.17, 15) is 14.0 Å². The molecule has 0 radical (unpaired) electrons. The molecule has 31 heavy (non-hydrogen) atoms. The molecule has 10 nitrogen and oxygen atoms in total. The zero-order valence-corrected chi connectivity index (χ0v) is 17.1. The summed E-state index contributed by atoms with van der Waals surface area (Å²) in [5, 5.41) is 2.66. The Morgan fingerprint density at radius 3 is 2.84 bits per heavy atom. The van der Waals surface area contributed by atoms with Crippen LogP contribution in [0, 0.1) is 11.7 Å². The van der Waals surface area contributed by atoms with Crippen LogP contribution in [0.1, 0.15) is 23.0 Å². The van der Waals surface area contributed by atoms with Gasteiger partial charge in [-0.3, -0.25) is 14.5 Å². The third-order valence-electron chi connectivity index (χ3n) is 5.57. The average Bonchev–Trinajstić information content (AvgIpc) is 3.10. The number of benzene rings is 1. The molecule has 3 heterocycles. The fourth-order valence-electron chi connectivity index (χ4n) is 3.91. The highest BCUT2D eigenvalue weighted by atomic mass is 19.1. The van der Waals surface area contributed by atoms with Gasteiger partial charge in [-0.25, -0.2) is 19.4 Å². The number of ether oxygens (including phenoxy) is 2. The third kappa shape index (κ3) is 3.36. The summed E-state index contributed by atoms with van der Waals surface area (Å²) in [5.41, 5.74) is 5.09. The van der Waals surface area contributed by atoms with Gasteiger partial charge >= 0.3 is 0 Å². The van der Waals surface area contributed by atoms with Gasteiger partial charge in [0.2, 0.25) is 11.8 Å². The molecule has 2 aliphatic rings. The summed E-state index contributed by atoms with van der Waals surface area (Å²) in [7, 11) is 2.95. The van der Waals surface area contributed by atoms with Crippen LogP contribution in [-0.4, -0.2) is 59.5 Å². The van der Waals surface area contributed by atoms with Crippen molar-refractivity contribution in [2.45, 2.75) is 18.6 Å². The zero-order chi connectivity index (χ0) is 22.3. The van der Waals surface area contributed by atoms with Crippen LogP contribution >= 0.6 is 0 Å². The number of aliphatic imine (C=N–C) groups is 1. The fourth-order valence-corrected chi connectivity index (χ4v) is 3.91. The monoisotopic (exact) mass is 428 g/mol. The molecule has 0 saturated carbocycles. The van der Waals surface area contributed by atoms with Crippen LogP contribution in [0.3, 0.4) is 0 Å². The molecule has 0 aliphatic carbocycles. The van der Waals surface area contributed by atoms with Crippen LogP contribution < -0.4 is 15.8 Å². The van der Waals surface area contributed by atoms with Crippen LogP contribution in [0.4, 0.5) is 10.1 Å². The number of halogens is 1. The van der Waals surface area contributed by atoms with Crippen molar-refractivity contribution in [2.75, 3.05) is 26.1 Å². The van der Waals surface area contributed by atoms with E-state index >= 15 is 0 Å². The van der Waals surface area contributed by atoms with Crippen LogP contribution in [0.25, 0.3) is 0 Å². The largest absolute Gasteiger partial charge is 0.480 e. The zero-order valence-electron chi connectivity index (χ0n) is 17.1. The number of carbonyl (C=O) groups excluding carboxylic acids is 2. The number of nitrogens with zero attached hydrogens (tertiary/aromatic N) is 4. The summed E-state index contributed by atoms with van der Waals surface area (Å²) in [6.45, 7) is 1.72. The molecule has 11 heteroatoms. The molecule has 2 amide bonds. The lowest BCUT2D eigenvalue weighted by Crippen LogP contribution is -2.55. The number of amides is 2. The van der Waals surface area contributed by atoms with Gasteiger partial charge in [-0.2, -0.15) is 0 Å². The number of hydrogen-bond donors (Lipinski definition) is 2. The lowest BCUT2D eigenvalue weighted by molar-refractivity contribution is -0.134. The van der Waals surface area contributed by atoms with E-state index in [2.05, 4.69) is 20.3 Å². The molecule has 2 aromatic rings. The first-order valence-electron chi connectivity index (χ1n) is 9.48. The predicted molar refractivity (Wildman–Crippen MR) is 108 cm³/mol. The predicted octanol–water partition coefficient (Wildman–Crippen LogP) is 0.893. The molecule has 0 bridgehead atoms. The lowest BCUT2D eigenvalue weighted by atomic mass is 9.76. The summed E-state index contributed by atoms with van der Waals surface area (Å²) < 4.78 is 25.6. The quantitative estimate of drug-likeness (QED) is 0.739. The minimum absolute atomic E-state index is 0.0165. The van der Waals surface area contributed by atoms with Crippen molar-refractivity contribution in [1.82, 2.24) is 14.9 Å². The van der Waals surface area contributed by atoms with E-state index in [1.54, 1.807) is 6.92 Å². The van der Waals surface area contributed by atoms with E-state index in [1.165, 1.54) is 49.7 Å². The Morgan fingerprint density at radius 2 is 2.16 bits per heavy atom. The van der Waals surface area contributed by atoms with Gasteiger partial charge in [0.15, 0.2) is 5.96 Å². The second kappa shape index (κ2) is 7.58. The van der Waals surface area contributed by atoms with Crippen molar-refractivity contribution in [1.29, 1.82) is 0 Å². The molecule has 1 fully saturated rings. The Morgan fingerprint density at radius 1 is 1.39 bits per heavy atom. The molecule has 3 N–H and O–H groups in total. The van der Waals surface area contributed by atoms with Gasteiger partial charge in [0, 0.05) is 18.3 Å². The normalized spacial score (nSPS) is 25.1. The van der Waals surface area contributed by atoms with E-state index in [-0.39, 0.29) is 35.6 Å². The number of rotatable bonds is 4. The fraction of sp³-hybridized carbons (Fsp3) is 0.350. The molecule has 162 valence electrons. The van der Waals surface area contributed by atoms with Gasteiger partial charge in [-0.15, -0.1) is 0 Å². The molecular formula is C20H21FN6O4. The minimum Gasteiger partial charge on any atom is -0.480 e. The van der Waals surface area contributed by atoms with E-state index in [1.807, 2.05) is 0 Å². The number of fused-ring (bicyclic) bond motifs is 1. The molecule has 1 aromatic carbocycles. The number of guanidine groups is 1. The highest BCUT2D eigenvalue weighted by Crippen LogP contribution is 2.47. The Bertz CT molecular complexity index is 1080. The van der Waals surface area contributed by atoms with E-state index in [4.69, 9.17) is 15.2 Å². The second-order valence-electron chi connectivity index (χ2n) is 7.38. The van der Waals surface area contributed by atoms with Crippen molar-refractivity contribution in [2.24, 2.45) is 16.6 Å². The van der Waals surface area contributed by atoms with Gasteiger partial charge in [-0.05, 0) is 25.1 Å². The molecule has 4 rings (SSSR count). The van der Waals surface area contributed by atoms with Crippen molar-refractivity contribution in [3.63, 3.8) is 0 Å². The standard InChI is InChI=1S/C20H21FN6O4/c1-10-16-18(29)27(2)19(22)26-20(16,9-31-10)12-6-11(4-5-13(12)21)25-17(28)14-7-24-15(30-3)8-23-14/h4-8,10,16H,9H2,1-3H3,(H2,22,26)(H,25,28)/t10-,16+,20-/m1/s1. The van der Waals surface area contributed by atoms with E-state index < -0.39 is 29.3 Å². The van der Waals surface area contributed by atoms with Gasteiger partial charge in [0.1, 0.15) is 17.1 Å². The lowest BCUT2D eigenvalue weighted by Gasteiger charge is -2.38. The average molecular weight is 428 g/mol. The number of anilines is 1. The first-order chi connectivity index (χ1) is 14.8. The van der Waals surface area contributed by atoms with Gasteiger partial charge in [0.25, 0.3) is 5.91 Å². The number of hydrogen-bond acceptors (Lipinski definition) is 8. The number of carbonyl (C=O) groups is 2. The highest BCUT2D eigenvalue weighted by molar-refractivity contribution is 6.03. The number of methoxy groups -OCH3 is 1. The minimum atomic E-state index is -1.32. The molecular weight excluding hydrogens is 407 g/mol. The van der Waals surface area contributed by atoms with Gasteiger partial charge in [-0.1, -0.05) is 0 Å². The van der Waals surface area contributed by atoms with Gasteiger partial charge in [0.05, 0.1) is 38.1 Å². The Labute approximate surface area is 177 Å². The summed E-state index contributed by atoms with van der Waals surface area (Å²) in [6.07, 6.45) is 2.09. The number of nitrogens with one attached hydrogen (secondary N) is 1. The summed E-state index contributed by atoms with van der Waals surface area (Å²) >= 11 is 0. The number of aromatic nitrogens is 2. The van der Waals surface area contributed by atoms with Crippen molar-refractivity contribution >= 4 is 23.5 Å². The highest BCUT2D eigenvalue weighted by Gasteiger charge is 2.58. The third-order valence-corrected chi connectivity index (χ3v) is 5.57. The van der Waals surface area contributed by atoms with Crippen LogP contribution in [0.5, 0.6) is 5.88 Å².